The van der Waals surface area contributed by atoms with Gasteiger partial charge in [-0.2, -0.15) is 10.4 Å². The molecule has 1 aliphatic rings. The molecular formula is C23H26N6O2. The molecule has 0 unspecified atom stereocenters. The van der Waals surface area contributed by atoms with Crippen molar-refractivity contribution in [1.82, 2.24) is 24.3 Å². The number of aromatic nitrogens is 5. The van der Waals surface area contributed by atoms with E-state index in [0.29, 0.717) is 22.3 Å². The Labute approximate surface area is 192 Å². The molecule has 4 rings (SSSR count). The Balaban J connectivity index is 1.74. The van der Waals surface area contributed by atoms with Crippen molar-refractivity contribution in [2.75, 3.05) is 0 Å². The molecule has 3 aromatic heterocycles. The minimum absolute atomic E-state index is 0.0831. The Bertz CT molecular complexity index is 1490. The molecule has 31 heavy (non-hydrogen) atoms. The zero-order valence-corrected chi connectivity index (χ0v) is 17.2. The smallest absolute Gasteiger partial charge is 0.312 e. The van der Waals surface area contributed by atoms with Crippen LogP contribution >= 0.6 is 0 Å². The first-order valence-corrected chi connectivity index (χ1v) is 9.51. The van der Waals surface area contributed by atoms with Crippen molar-refractivity contribution in [3.8, 4) is 17.3 Å². The van der Waals surface area contributed by atoms with Crippen LogP contribution in [0.2, 0.25) is 0 Å². The summed E-state index contributed by atoms with van der Waals surface area (Å²) in [6.45, 7) is 5.13. The second-order valence-electron chi connectivity index (χ2n) is 7.90. The summed E-state index contributed by atoms with van der Waals surface area (Å²) >= 11 is 0. The van der Waals surface area contributed by atoms with E-state index in [1.165, 1.54) is 18.7 Å². The number of hydrogen-bond donors (Lipinski definition) is 0. The molecule has 8 nitrogen and oxygen atoms in total. The average Bonchev–Trinajstić information content (AvgIpc) is 3.49. The summed E-state index contributed by atoms with van der Waals surface area (Å²) in [7, 11) is 0. The predicted octanol–water partition coefficient (Wildman–Crippen LogP) is 4.40. The Morgan fingerprint density at radius 3 is 2.87 bits per heavy atom. The van der Waals surface area contributed by atoms with Crippen LogP contribution < -0.4 is 0 Å². The van der Waals surface area contributed by atoms with Gasteiger partial charge in [-0.1, -0.05) is 12.7 Å². The number of esters is 1. The van der Waals surface area contributed by atoms with Crippen molar-refractivity contribution < 1.29 is 20.5 Å². The standard InChI is InChI=1S/C23H26N6O2/c1-23(2,3)22(30)31-15-28-11-9-18-20(25-14-26-21(18)28)17-12-27-29(13-17)19(8-10-24)16-6-4-5-7-16/h8-9,11-14,16H,4-7,15H2,1-3H3/b19-8-/i4D2,5D2,6D2,7D2. The molecule has 0 amide bonds. The minimum Gasteiger partial charge on any atom is -0.443 e. The maximum absolute atomic E-state index is 12.2. The third-order valence-electron chi connectivity index (χ3n) is 4.63. The number of allylic oxidation sites excluding steroid dienone is 2. The van der Waals surface area contributed by atoms with Crippen molar-refractivity contribution in [3.63, 3.8) is 0 Å². The van der Waals surface area contributed by atoms with Crippen LogP contribution in [0.5, 0.6) is 0 Å². The fourth-order valence-corrected chi connectivity index (χ4v) is 3.02. The van der Waals surface area contributed by atoms with Gasteiger partial charge in [0.1, 0.15) is 12.0 Å². The number of nitrogens with zero attached hydrogens (tertiary/aromatic N) is 6. The lowest BCUT2D eigenvalue weighted by molar-refractivity contribution is -0.156. The Hall–Kier alpha value is -3.47. The number of nitriles is 1. The highest BCUT2D eigenvalue weighted by Gasteiger charge is 2.24. The molecule has 0 saturated heterocycles. The highest BCUT2D eigenvalue weighted by Crippen LogP contribution is 2.34. The van der Waals surface area contributed by atoms with Crippen LogP contribution in [0.25, 0.3) is 28.0 Å². The van der Waals surface area contributed by atoms with Crippen LogP contribution in [0.4, 0.5) is 0 Å². The van der Waals surface area contributed by atoms with Gasteiger partial charge >= 0.3 is 5.97 Å². The number of carbonyl (C=O) groups excluding carboxylic acids is 1. The van der Waals surface area contributed by atoms with Crippen LogP contribution in [0.3, 0.4) is 0 Å². The Kier molecular flexibility index (Phi) is 3.51. The van der Waals surface area contributed by atoms with Crippen LogP contribution in [0, 0.1) is 22.7 Å². The number of carbonyl (C=O) groups is 1. The molecule has 8 heteroatoms. The van der Waals surface area contributed by atoms with E-state index in [1.54, 1.807) is 43.7 Å². The average molecular weight is 427 g/mol. The molecule has 1 fully saturated rings. The maximum Gasteiger partial charge on any atom is 0.312 e. The van der Waals surface area contributed by atoms with Crippen LogP contribution in [-0.2, 0) is 16.3 Å². The van der Waals surface area contributed by atoms with E-state index in [2.05, 4.69) is 15.1 Å². The van der Waals surface area contributed by atoms with Gasteiger partial charge in [0.15, 0.2) is 6.73 Å². The van der Waals surface area contributed by atoms with Crippen LogP contribution in [0.15, 0.2) is 37.1 Å². The topological polar surface area (TPSA) is 98.6 Å². The first-order chi connectivity index (χ1) is 17.9. The summed E-state index contributed by atoms with van der Waals surface area (Å²) in [6, 6.07) is 3.42. The predicted molar refractivity (Wildman–Crippen MR) is 116 cm³/mol. The zero-order valence-electron chi connectivity index (χ0n) is 25.2. The third-order valence-corrected chi connectivity index (χ3v) is 4.63. The number of fused-ring (bicyclic) bond motifs is 1. The Morgan fingerprint density at radius 1 is 1.39 bits per heavy atom. The molecule has 0 spiro atoms. The summed E-state index contributed by atoms with van der Waals surface area (Å²) in [5.41, 5.74) is 0.205. The van der Waals surface area contributed by atoms with Gasteiger partial charge in [-0.15, -0.1) is 0 Å². The number of ether oxygens (including phenoxy) is 1. The molecule has 0 bridgehead atoms. The fourth-order valence-electron chi connectivity index (χ4n) is 3.02. The summed E-state index contributed by atoms with van der Waals surface area (Å²) in [4.78, 5) is 20.8. The second kappa shape index (κ2) is 8.34. The number of rotatable bonds is 5. The molecule has 0 atom stereocenters. The van der Waals surface area contributed by atoms with E-state index in [9.17, 15) is 10.1 Å². The van der Waals surface area contributed by atoms with Gasteiger partial charge in [0.2, 0.25) is 0 Å². The molecule has 160 valence electrons. The fraction of sp³-hybridized carbons (Fsp3) is 0.435. The van der Waals surface area contributed by atoms with E-state index in [1.807, 2.05) is 0 Å². The van der Waals surface area contributed by atoms with Gasteiger partial charge in [-0.05, 0) is 39.6 Å². The lowest BCUT2D eigenvalue weighted by Crippen LogP contribution is -2.23. The Morgan fingerprint density at radius 2 is 2.16 bits per heavy atom. The maximum atomic E-state index is 12.2. The minimum atomic E-state index is -3.21. The first kappa shape index (κ1) is 13.1. The molecule has 1 aliphatic carbocycles. The van der Waals surface area contributed by atoms with Crippen molar-refractivity contribution in [1.29, 1.82) is 5.26 Å². The number of hydrogen-bond acceptors (Lipinski definition) is 6. The van der Waals surface area contributed by atoms with E-state index in [0.717, 1.165) is 10.8 Å². The third kappa shape index (κ3) is 4.22. The summed E-state index contributed by atoms with van der Waals surface area (Å²) in [5.74, 6) is -2.40. The molecule has 1 saturated carbocycles. The molecule has 0 aliphatic heterocycles. The summed E-state index contributed by atoms with van der Waals surface area (Å²) in [5, 5.41) is 14.1. The molecular weight excluding hydrogens is 392 g/mol. The normalized spacial score (nSPS) is 25.7. The van der Waals surface area contributed by atoms with Gasteiger partial charge in [0.25, 0.3) is 0 Å². The lowest BCUT2D eigenvalue weighted by Gasteiger charge is -2.17. The van der Waals surface area contributed by atoms with Gasteiger partial charge < -0.3 is 4.74 Å². The van der Waals surface area contributed by atoms with Gasteiger partial charge in [-0.25, -0.2) is 14.6 Å². The SMILES string of the molecule is [2H]C1([2H])C(/C(=C/C#N)n2cc(-c3ncnc4c3ccn4COC(=O)C(C)(C)C)cn2)C([2H])([2H])C([2H])([2H])C1([2H])[2H]. The van der Waals surface area contributed by atoms with E-state index in [-0.39, 0.29) is 12.4 Å². The highest BCUT2D eigenvalue weighted by molar-refractivity contribution is 5.90. The molecule has 0 N–H and O–H groups in total. The van der Waals surface area contributed by atoms with E-state index < -0.39 is 42.8 Å². The highest BCUT2D eigenvalue weighted by atomic mass is 16.5. The van der Waals surface area contributed by atoms with Gasteiger partial charge in [0, 0.05) is 46.3 Å². The van der Waals surface area contributed by atoms with Crippen molar-refractivity contribution in [2.24, 2.45) is 11.3 Å². The van der Waals surface area contributed by atoms with Crippen molar-refractivity contribution in [3.05, 3.63) is 37.1 Å². The largest absolute Gasteiger partial charge is 0.443 e. The van der Waals surface area contributed by atoms with E-state index >= 15 is 0 Å². The second-order valence-corrected chi connectivity index (χ2v) is 7.90. The summed E-state index contributed by atoms with van der Waals surface area (Å²) < 4.78 is 73.8. The van der Waals surface area contributed by atoms with Gasteiger partial charge in [0.05, 0.1) is 29.1 Å². The quantitative estimate of drug-likeness (QED) is 0.443. The van der Waals surface area contributed by atoms with Crippen molar-refractivity contribution >= 4 is 22.7 Å². The van der Waals surface area contributed by atoms with E-state index in [4.69, 9.17) is 15.7 Å². The van der Waals surface area contributed by atoms with Crippen LogP contribution in [0.1, 0.15) is 57.2 Å². The summed E-state index contributed by atoms with van der Waals surface area (Å²) in [6.07, 6.45) is -5.96. The molecule has 3 aromatic rings. The van der Waals surface area contributed by atoms with Crippen LogP contribution in [-0.4, -0.2) is 30.3 Å². The molecule has 3 heterocycles. The first-order valence-electron chi connectivity index (χ1n) is 13.5. The lowest BCUT2D eigenvalue weighted by atomic mass is 9.98. The monoisotopic (exact) mass is 426 g/mol. The van der Waals surface area contributed by atoms with Crippen molar-refractivity contribution in [2.45, 2.75) is 53.0 Å². The molecule has 0 aromatic carbocycles. The van der Waals surface area contributed by atoms with Gasteiger partial charge in [-0.3, -0.25) is 9.36 Å². The zero-order chi connectivity index (χ0) is 29.2. The molecule has 0 radical (unpaired) electrons.